The number of carboxylic acids is 1. The van der Waals surface area contributed by atoms with Gasteiger partial charge >= 0.3 is 5.97 Å². The lowest BCUT2D eigenvalue weighted by atomic mass is 9.94. The highest BCUT2D eigenvalue weighted by molar-refractivity contribution is 5.84. The molecule has 1 fully saturated rings. The molecule has 4 nitrogen and oxygen atoms in total. The van der Waals surface area contributed by atoms with Gasteiger partial charge in [0, 0.05) is 24.9 Å². The van der Waals surface area contributed by atoms with Crippen molar-refractivity contribution in [3.8, 4) is 0 Å². The largest absolute Gasteiger partial charge is 0.481 e. The zero-order valence-electron chi connectivity index (χ0n) is 12.0. The van der Waals surface area contributed by atoms with Gasteiger partial charge in [0.15, 0.2) is 0 Å². The molecular weight excluding hydrogens is 254 g/mol. The first-order valence-electron chi connectivity index (χ1n) is 7.07. The molecule has 3 unspecified atom stereocenters. The monoisotopic (exact) mass is 275 g/mol. The lowest BCUT2D eigenvalue weighted by molar-refractivity contribution is -0.148. The molecule has 1 aromatic rings. The van der Waals surface area contributed by atoms with Crippen molar-refractivity contribution in [2.75, 3.05) is 13.1 Å². The maximum Gasteiger partial charge on any atom is 0.307 e. The molecule has 1 heterocycles. The van der Waals surface area contributed by atoms with E-state index in [9.17, 15) is 9.59 Å². The Hall–Kier alpha value is -1.84. The molecule has 1 amide bonds. The third kappa shape index (κ3) is 3.00. The van der Waals surface area contributed by atoms with Crippen LogP contribution in [0.2, 0.25) is 0 Å². The SMILES string of the molecule is CC(C(=O)O)C(C)C(=O)N1CCC(c2ccccc2)C1. The van der Waals surface area contributed by atoms with Gasteiger partial charge in [-0.2, -0.15) is 0 Å². The smallest absolute Gasteiger partial charge is 0.307 e. The average Bonchev–Trinajstić information content (AvgIpc) is 2.95. The first-order valence-corrected chi connectivity index (χ1v) is 7.07. The van der Waals surface area contributed by atoms with Gasteiger partial charge in [0.25, 0.3) is 0 Å². The fourth-order valence-corrected chi connectivity index (χ4v) is 2.67. The maximum atomic E-state index is 12.3. The zero-order valence-corrected chi connectivity index (χ0v) is 12.0. The van der Waals surface area contributed by atoms with E-state index in [1.165, 1.54) is 5.56 Å². The van der Waals surface area contributed by atoms with Crippen molar-refractivity contribution in [2.45, 2.75) is 26.2 Å². The summed E-state index contributed by atoms with van der Waals surface area (Å²) in [5.74, 6) is -1.70. The summed E-state index contributed by atoms with van der Waals surface area (Å²) in [5.41, 5.74) is 1.25. The van der Waals surface area contributed by atoms with Gasteiger partial charge in [-0.3, -0.25) is 9.59 Å². The van der Waals surface area contributed by atoms with Crippen molar-refractivity contribution in [2.24, 2.45) is 11.8 Å². The second-order valence-corrected chi connectivity index (χ2v) is 5.60. The Morgan fingerprint density at radius 1 is 1.20 bits per heavy atom. The number of benzene rings is 1. The zero-order chi connectivity index (χ0) is 14.7. The van der Waals surface area contributed by atoms with Crippen molar-refractivity contribution < 1.29 is 14.7 Å². The van der Waals surface area contributed by atoms with Gasteiger partial charge in [0.2, 0.25) is 5.91 Å². The minimum atomic E-state index is -0.912. The fraction of sp³-hybridized carbons (Fsp3) is 0.500. The van der Waals surface area contributed by atoms with Crippen LogP contribution >= 0.6 is 0 Å². The molecule has 2 rings (SSSR count). The summed E-state index contributed by atoms with van der Waals surface area (Å²) in [4.78, 5) is 25.1. The van der Waals surface area contributed by atoms with Crippen LogP contribution in [0.3, 0.4) is 0 Å². The number of aliphatic carboxylic acids is 1. The lowest BCUT2D eigenvalue weighted by Crippen LogP contribution is -2.37. The van der Waals surface area contributed by atoms with Crippen LogP contribution < -0.4 is 0 Å². The van der Waals surface area contributed by atoms with Crippen molar-refractivity contribution in [3.63, 3.8) is 0 Å². The summed E-state index contributed by atoms with van der Waals surface area (Å²) in [5, 5.41) is 9.00. The van der Waals surface area contributed by atoms with E-state index in [-0.39, 0.29) is 5.91 Å². The predicted molar refractivity (Wildman–Crippen MR) is 76.3 cm³/mol. The number of carboxylic acid groups (broad SMARTS) is 1. The van der Waals surface area contributed by atoms with Gasteiger partial charge in [-0.1, -0.05) is 44.2 Å². The Morgan fingerprint density at radius 2 is 1.85 bits per heavy atom. The highest BCUT2D eigenvalue weighted by Crippen LogP contribution is 2.28. The number of amides is 1. The molecule has 108 valence electrons. The van der Waals surface area contributed by atoms with Gasteiger partial charge in [0.05, 0.1) is 5.92 Å². The van der Waals surface area contributed by atoms with E-state index in [0.29, 0.717) is 12.5 Å². The summed E-state index contributed by atoms with van der Waals surface area (Å²) >= 11 is 0. The highest BCUT2D eigenvalue weighted by Gasteiger charge is 2.33. The third-order valence-corrected chi connectivity index (χ3v) is 4.30. The van der Waals surface area contributed by atoms with E-state index in [4.69, 9.17) is 5.11 Å². The van der Waals surface area contributed by atoms with Crippen LogP contribution in [0.15, 0.2) is 30.3 Å². The van der Waals surface area contributed by atoms with Crippen molar-refractivity contribution in [1.82, 2.24) is 4.90 Å². The molecule has 4 heteroatoms. The molecule has 0 bridgehead atoms. The van der Waals surface area contributed by atoms with Gasteiger partial charge in [0.1, 0.15) is 0 Å². The molecular formula is C16H21NO3. The molecule has 20 heavy (non-hydrogen) atoms. The molecule has 0 radical (unpaired) electrons. The van der Waals surface area contributed by atoms with E-state index in [0.717, 1.165) is 13.0 Å². The predicted octanol–water partition coefficient (Wildman–Crippen LogP) is 2.36. The van der Waals surface area contributed by atoms with E-state index in [1.807, 2.05) is 23.1 Å². The fourth-order valence-electron chi connectivity index (χ4n) is 2.67. The Kier molecular flexibility index (Phi) is 4.42. The minimum absolute atomic E-state index is 0.0432. The number of rotatable bonds is 4. The van der Waals surface area contributed by atoms with Crippen LogP contribution in [0.4, 0.5) is 0 Å². The number of hydrogen-bond donors (Lipinski definition) is 1. The molecule has 1 N–H and O–H groups in total. The average molecular weight is 275 g/mol. The molecule has 1 aliphatic rings. The van der Waals surface area contributed by atoms with Crippen LogP contribution in [0.5, 0.6) is 0 Å². The Balaban J connectivity index is 1.99. The van der Waals surface area contributed by atoms with E-state index < -0.39 is 17.8 Å². The van der Waals surface area contributed by atoms with Crippen molar-refractivity contribution >= 4 is 11.9 Å². The van der Waals surface area contributed by atoms with Crippen LogP contribution in [0.1, 0.15) is 31.7 Å². The molecule has 1 aromatic carbocycles. The van der Waals surface area contributed by atoms with E-state index >= 15 is 0 Å². The first-order chi connectivity index (χ1) is 9.50. The number of likely N-dealkylation sites (tertiary alicyclic amines) is 1. The van der Waals surface area contributed by atoms with Gasteiger partial charge in [-0.25, -0.2) is 0 Å². The second kappa shape index (κ2) is 6.07. The lowest BCUT2D eigenvalue weighted by Gasteiger charge is -2.23. The molecule has 1 saturated heterocycles. The maximum absolute atomic E-state index is 12.3. The Labute approximate surface area is 119 Å². The second-order valence-electron chi connectivity index (χ2n) is 5.60. The summed E-state index contributed by atoms with van der Waals surface area (Å²) in [6, 6.07) is 10.2. The molecule has 0 spiro atoms. The van der Waals surface area contributed by atoms with E-state index in [2.05, 4.69) is 12.1 Å². The third-order valence-electron chi connectivity index (χ3n) is 4.30. The number of carbonyl (C=O) groups excluding carboxylic acids is 1. The van der Waals surface area contributed by atoms with Gasteiger partial charge in [-0.15, -0.1) is 0 Å². The molecule has 3 atom stereocenters. The standard InChI is InChI=1S/C16H21NO3/c1-11(12(2)16(19)20)15(18)17-9-8-14(10-17)13-6-4-3-5-7-13/h3-7,11-12,14H,8-10H2,1-2H3,(H,19,20). The quantitative estimate of drug-likeness (QED) is 0.917. The molecule has 0 saturated carbocycles. The van der Waals surface area contributed by atoms with Crippen LogP contribution in [0.25, 0.3) is 0 Å². The Morgan fingerprint density at radius 3 is 2.45 bits per heavy atom. The highest BCUT2D eigenvalue weighted by atomic mass is 16.4. The number of nitrogens with zero attached hydrogens (tertiary/aromatic N) is 1. The number of carbonyl (C=O) groups is 2. The normalized spacial score (nSPS) is 21.5. The van der Waals surface area contributed by atoms with Crippen LogP contribution in [-0.2, 0) is 9.59 Å². The molecule has 1 aliphatic heterocycles. The van der Waals surface area contributed by atoms with Crippen molar-refractivity contribution in [1.29, 1.82) is 0 Å². The molecule has 0 aromatic heterocycles. The Bertz CT molecular complexity index is 486. The van der Waals surface area contributed by atoms with Crippen LogP contribution in [0, 0.1) is 11.8 Å². The topological polar surface area (TPSA) is 57.6 Å². The summed E-state index contributed by atoms with van der Waals surface area (Å²) in [6.07, 6.45) is 0.948. The summed E-state index contributed by atoms with van der Waals surface area (Å²) in [6.45, 7) is 4.71. The first kappa shape index (κ1) is 14.6. The molecule has 0 aliphatic carbocycles. The summed E-state index contributed by atoms with van der Waals surface area (Å²) < 4.78 is 0. The van der Waals surface area contributed by atoms with Crippen LogP contribution in [-0.4, -0.2) is 35.0 Å². The minimum Gasteiger partial charge on any atom is -0.481 e. The van der Waals surface area contributed by atoms with Gasteiger partial charge < -0.3 is 10.0 Å². The van der Waals surface area contributed by atoms with E-state index in [1.54, 1.807) is 13.8 Å². The summed E-state index contributed by atoms with van der Waals surface area (Å²) in [7, 11) is 0. The van der Waals surface area contributed by atoms with Gasteiger partial charge in [-0.05, 0) is 12.0 Å². The number of hydrogen-bond acceptors (Lipinski definition) is 2. The van der Waals surface area contributed by atoms with Crippen molar-refractivity contribution in [3.05, 3.63) is 35.9 Å².